The van der Waals surface area contributed by atoms with Crippen molar-refractivity contribution in [2.45, 2.75) is 0 Å². The quantitative estimate of drug-likeness (QED) is 0.684. The fourth-order valence-corrected chi connectivity index (χ4v) is 2.52. The summed E-state index contributed by atoms with van der Waals surface area (Å²) in [5.41, 5.74) is 7.46. The summed E-state index contributed by atoms with van der Waals surface area (Å²) in [5, 5.41) is 13.5. The molecule has 0 spiro atoms. The highest BCUT2D eigenvalue weighted by atomic mass is 16.4. The van der Waals surface area contributed by atoms with Crippen molar-refractivity contribution in [2.75, 3.05) is 5.43 Å². The van der Waals surface area contributed by atoms with Crippen LogP contribution < -0.4 is 5.43 Å². The Bertz CT molecular complexity index is 897. The smallest absolute Gasteiger partial charge is 0.123 e. The third-order valence-electron chi connectivity index (χ3n) is 3.40. The van der Waals surface area contributed by atoms with E-state index in [2.05, 4.69) is 21.6 Å². The molecule has 6 nitrogen and oxygen atoms in total. The second kappa shape index (κ2) is 4.35. The van der Waals surface area contributed by atoms with Gasteiger partial charge in [-0.1, -0.05) is 11.2 Å². The molecule has 1 N–H and O–H groups in total. The van der Waals surface area contributed by atoms with E-state index in [1.165, 1.54) is 6.26 Å². The van der Waals surface area contributed by atoms with Gasteiger partial charge in [0.15, 0.2) is 0 Å². The molecule has 0 amide bonds. The van der Waals surface area contributed by atoms with Crippen LogP contribution in [-0.2, 0) is 0 Å². The molecule has 1 aliphatic carbocycles. The maximum absolute atomic E-state index is 9.43. The van der Waals surface area contributed by atoms with Crippen molar-refractivity contribution >= 4 is 12.0 Å². The van der Waals surface area contributed by atoms with Gasteiger partial charge in [0.2, 0.25) is 0 Å². The zero-order valence-corrected chi connectivity index (χ0v) is 10.8. The molecule has 0 radical (unpaired) electrons. The number of aliphatic imine (C=N–C) groups is 1. The Balaban J connectivity index is 2.24. The molecule has 0 bridgehead atoms. The summed E-state index contributed by atoms with van der Waals surface area (Å²) in [5.74, 6) is 0. The van der Waals surface area contributed by atoms with Gasteiger partial charge in [0, 0.05) is 17.3 Å². The van der Waals surface area contributed by atoms with Crippen LogP contribution in [0.4, 0.5) is 5.69 Å². The minimum Gasteiger partial charge on any atom is -0.364 e. The van der Waals surface area contributed by atoms with Gasteiger partial charge in [-0.25, -0.2) is 4.99 Å². The average molecular weight is 275 g/mol. The lowest BCUT2D eigenvalue weighted by Crippen LogP contribution is -2.18. The number of pyridine rings is 1. The van der Waals surface area contributed by atoms with Gasteiger partial charge in [-0.05, 0) is 24.3 Å². The van der Waals surface area contributed by atoms with Crippen molar-refractivity contribution < 1.29 is 4.52 Å². The molecular formula is C15H9N5O. The van der Waals surface area contributed by atoms with E-state index in [4.69, 9.17) is 4.52 Å². The zero-order valence-electron chi connectivity index (χ0n) is 10.8. The third kappa shape index (κ3) is 1.65. The number of hydrogen-bond acceptors (Lipinski definition) is 5. The van der Waals surface area contributed by atoms with E-state index in [0.717, 1.165) is 22.5 Å². The van der Waals surface area contributed by atoms with Gasteiger partial charge >= 0.3 is 0 Å². The van der Waals surface area contributed by atoms with Crippen LogP contribution >= 0.6 is 0 Å². The van der Waals surface area contributed by atoms with Gasteiger partial charge in [0.1, 0.15) is 18.3 Å². The van der Waals surface area contributed by atoms with Gasteiger partial charge in [-0.3, -0.25) is 10.1 Å². The van der Waals surface area contributed by atoms with E-state index in [1.54, 1.807) is 12.4 Å². The van der Waals surface area contributed by atoms with E-state index in [-0.39, 0.29) is 0 Å². The van der Waals surface area contributed by atoms with Gasteiger partial charge in [0.25, 0.3) is 0 Å². The van der Waals surface area contributed by atoms with Crippen molar-refractivity contribution in [3.63, 3.8) is 0 Å². The van der Waals surface area contributed by atoms with Crippen LogP contribution in [0.25, 0.3) is 22.5 Å². The minimum absolute atomic E-state index is 0.501. The number of rotatable bonds is 0. The number of nitrogens with zero attached hydrogens (tertiary/aromatic N) is 4. The first-order valence-corrected chi connectivity index (χ1v) is 6.33. The lowest BCUT2D eigenvalue weighted by molar-refractivity contribution is 0.409. The summed E-state index contributed by atoms with van der Waals surface area (Å²) in [6, 6.07) is 11.3. The second-order valence-corrected chi connectivity index (χ2v) is 4.53. The minimum atomic E-state index is 0.501. The zero-order chi connectivity index (χ0) is 14.2. The van der Waals surface area contributed by atoms with Gasteiger partial charge < -0.3 is 4.52 Å². The van der Waals surface area contributed by atoms with Crippen molar-refractivity contribution in [2.24, 2.45) is 4.99 Å². The number of aromatic nitrogens is 2. The van der Waals surface area contributed by atoms with E-state index in [0.29, 0.717) is 11.3 Å². The van der Waals surface area contributed by atoms with E-state index >= 15 is 0 Å². The Morgan fingerprint density at radius 1 is 1.24 bits per heavy atom. The Morgan fingerprint density at radius 3 is 3.10 bits per heavy atom. The lowest BCUT2D eigenvalue weighted by Gasteiger charge is -2.19. The van der Waals surface area contributed by atoms with Crippen molar-refractivity contribution in [3.8, 4) is 28.6 Å². The maximum atomic E-state index is 9.43. The Kier molecular flexibility index (Phi) is 2.38. The standard InChI is InChI=1S/C15H9N5O/c16-8-10-5-7-21-19-12-3-4-13-15-11(14(10)12)2-1-6-20(15)18-9-17-13/h1-7,9H,(H,17,18). The van der Waals surface area contributed by atoms with Crippen molar-refractivity contribution in [1.82, 2.24) is 9.83 Å². The SMILES string of the molecule is N#Cc1cconc2ccc3c4n(cccc-4c1-2)NC=N3. The molecule has 0 saturated heterocycles. The molecule has 4 rings (SSSR count). The Labute approximate surface area is 119 Å². The average Bonchev–Trinajstić information content (AvgIpc) is 2.81. The highest BCUT2D eigenvalue weighted by Gasteiger charge is 2.21. The van der Waals surface area contributed by atoms with Crippen LogP contribution in [-0.4, -0.2) is 16.2 Å². The first-order chi connectivity index (χ1) is 10.4. The lowest BCUT2D eigenvalue weighted by atomic mass is 9.99. The van der Waals surface area contributed by atoms with Gasteiger partial charge in [0.05, 0.1) is 23.0 Å². The molecule has 0 aromatic heterocycles. The van der Waals surface area contributed by atoms with Crippen LogP contribution in [0.1, 0.15) is 5.56 Å². The van der Waals surface area contributed by atoms with Crippen LogP contribution in [0.5, 0.6) is 0 Å². The van der Waals surface area contributed by atoms with Crippen LogP contribution in [0.2, 0.25) is 0 Å². The summed E-state index contributed by atoms with van der Waals surface area (Å²) < 4.78 is 6.94. The molecule has 3 heterocycles. The molecule has 21 heavy (non-hydrogen) atoms. The monoisotopic (exact) mass is 275 g/mol. The number of nitrogens with one attached hydrogen (secondary N) is 1. The number of fused-ring (bicyclic) bond motifs is 2. The highest BCUT2D eigenvalue weighted by Crippen LogP contribution is 2.40. The Hall–Kier alpha value is -3.33. The summed E-state index contributed by atoms with van der Waals surface area (Å²) in [6.07, 6.45) is 4.93. The van der Waals surface area contributed by atoms with Crippen molar-refractivity contribution in [3.05, 3.63) is 48.4 Å². The van der Waals surface area contributed by atoms with Gasteiger partial charge in [-0.2, -0.15) is 5.26 Å². The fraction of sp³-hybridized carbons (Fsp3) is 0. The van der Waals surface area contributed by atoms with Gasteiger partial charge in [-0.15, -0.1) is 0 Å². The van der Waals surface area contributed by atoms with Crippen molar-refractivity contribution in [1.29, 1.82) is 5.26 Å². The molecular weight excluding hydrogens is 266 g/mol. The van der Waals surface area contributed by atoms with E-state index in [9.17, 15) is 5.26 Å². The summed E-state index contributed by atoms with van der Waals surface area (Å²) in [7, 11) is 0. The molecule has 6 heteroatoms. The molecule has 100 valence electrons. The summed E-state index contributed by atoms with van der Waals surface area (Å²) in [6.45, 7) is 0. The van der Waals surface area contributed by atoms with E-state index < -0.39 is 0 Å². The summed E-state index contributed by atoms with van der Waals surface area (Å²) in [4.78, 5) is 4.35. The maximum Gasteiger partial charge on any atom is 0.123 e. The third-order valence-corrected chi connectivity index (χ3v) is 3.40. The topological polar surface area (TPSA) is 79.1 Å². The first kappa shape index (κ1) is 11.5. The molecule has 3 aliphatic heterocycles. The predicted octanol–water partition coefficient (Wildman–Crippen LogP) is 2.90. The fourth-order valence-electron chi connectivity index (χ4n) is 2.52. The number of hydrogen-bond donors (Lipinski definition) is 1. The van der Waals surface area contributed by atoms with Crippen LogP contribution in [0, 0.1) is 11.3 Å². The van der Waals surface area contributed by atoms with Crippen LogP contribution in [0.15, 0.2) is 52.3 Å². The molecule has 4 aliphatic rings. The first-order valence-electron chi connectivity index (χ1n) is 6.33. The normalized spacial score (nSPS) is 12.0. The molecule has 0 saturated carbocycles. The largest absolute Gasteiger partial charge is 0.364 e. The Morgan fingerprint density at radius 2 is 2.19 bits per heavy atom. The predicted molar refractivity (Wildman–Crippen MR) is 77.6 cm³/mol. The van der Waals surface area contributed by atoms with E-state index in [1.807, 2.05) is 35.1 Å². The molecule has 0 unspecified atom stereocenters. The molecule has 0 fully saturated rings. The van der Waals surface area contributed by atoms with Crippen LogP contribution in [0.3, 0.4) is 0 Å². The molecule has 0 aromatic carbocycles. The molecule has 0 aromatic rings. The number of nitriles is 1. The highest BCUT2D eigenvalue weighted by molar-refractivity contribution is 5.92. The molecule has 0 atom stereocenters. The second-order valence-electron chi connectivity index (χ2n) is 4.53. The summed E-state index contributed by atoms with van der Waals surface area (Å²) >= 11 is 0.